The van der Waals surface area contributed by atoms with Gasteiger partial charge in [-0.2, -0.15) is 0 Å². The molecule has 0 fully saturated rings. The number of para-hydroxylation sites is 1. The highest BCUT2D eigenvalue weighted by atomic mass is 35.5. The van der Waals surface area contributed by atoms with E-state index in [1.807, 2.05) is 44.2 Å². The molecule has 20 heavy (non-hydrogen) atoms. The number of ketones is 1. The van der Waals surface area contributed by atoms with Crippen molar-refractivity contribution in [3.63, 3.8) is 0 Å². The first-order chi connectivity index (χ1) is 9.58. The molecule has 0 N–H and O–H groups in total. The minimum absolute atomic E-state index is 0.0128. The zero-order chi connectivity index (χ0) is 14.7. The lowest BCUT2D eigenvalue weighted by Crippen LogP contribution is -2.07. The zero-order valence-electron chi connectivity index (χ0n) is 11.9. The number of nitrogens with zero attached hydrogens (tertiary/aromatic N) is 1. The first-order valence-corrected chi connectivity index (χ1v) is 6.99. The molecule has 1 aromatic carbocycles. The van der Waals surface area contributed by atoms with Crippen LogP contribution in [0.3, 0.4) is 0 Å². The molecule has 0 unspecified atom stereocenters. The molecule has 0 spiro atoms. The molecule has 4 heteroatoms. The monoisotopic (exact) mass is 291 g/mol. The minimum atomic E-state index is -0.0361. The van der Waals surface area contributed by atoms with Crippen LogP contribution in [0.2, 0.25) is 0 Å². The summed E-state index contributed by atoms with van der Waals surface area (Å²) in [6.45, 7) is 4.62. The van der Waals surface area contributed by atoms with Gasteiger partial charge in [0, 0.05) is 22.5 Å². The van der Waals surface area contributed by atoms with Crippen molar-refractivity contribution < 1.29 is 9.53 Å². The molecule has 2 rings (SSSR count). The van der Waals surface area contributed by atoms with Gasteiger partial charge in [0.1, 0.15) is 5.75 Å². The van der Waals surface area contributed by atoms with E-state index in [-0.39, 0.29) is 11.7 Å². The number of carbonyl (C=O) groups is 1. The van der Waals surface area contributed by atoms with Gasteiger partial charge < -0.3 is 9.30 Å². The Morgan fingerprint density at radius 2 is 2.00 bits per heavy atom. The number of Topliss-reactive ketones (excluding diaryl/α,β-unsaturated/α-hetero) is 1. The maximum Gasteiger partial charge on any atom is 0.179 e. The van der Waals surface area contributed by atoms with Gasteiger partial charge in [-0.3, -0.25) is 4.79 Å². The molecule has 0 amide bonds. The number of rotatable bonds is 5. The number of ether oxygens (including phenoxy) is 1. The second-order valence-corrected chi connectivity index (χ2v) is 5.01. The Kier molecular flexibility index (Phi) is 4.50. The van der Waals surface area contributed by atoms with Crippen LogP contribution < -0.4 is 4.74 Å². The summed E-state index contributed by atoms with van der Waals surface area (Å²) in [5.74, 6) is 0.829. The predicted molar refractivity (Wildman–Crippen MR) is 81.1 cm³/mol. The Hall–Kier alpha value is -1.74. The van der Waals surface area contributed by atoms with Crippen molar-refractivity contribution in [1.82, 2.24) is 4.57 Å². The summed E-state index contributed by atoms with van der Waals surface area (Å²) >= 11 is 5.65. The van der Waals surface area contributed by atoms with Crippen molar-refractivity contribution in [2.45, 2.75) is 20.4 Å². The third-order valence-corrected chi connectivity index (χ3v) is 3.76. The maximum atomic E-state index is 11.8. The summed E-state index contributed by atoms with van der Waals surface area (Å²) in [7, 11) is 1.66. The van der Waals surface area contributed by atoms with Crippen LogP contribution >= 0.6 is 11.6 Å². The highest BCUT2D eigenvalue weighted by molar-refractivity contribution is 6.30. The van der Waals surface area contributed by atoms with Crippen molar-refractivity contribution in [1.29, 1.82) is 0 Å². The lowest BCUT2D eigenvalue weighted by molar-refractivity contribution is 0.102. The topological polar surface area (TPSA) is 31.2 Å². The normalized spacial score (nSPS) is 10.6. The van der Waals surface area contributed by atoms with Crippen molar-refractivity contribution in [2.75, 3.05) is 13.0 Å². The van der Waals surface area contributed by atoms with Crippen LogP contribution in [-0.2, 0) is 6.54 Å². The fraction of sp³-hybridized carbons (Fsp3) is 0.312. The number of halogens is 1. The van der Waals surface area contributed by atoms with Gasteiger partial charge in [0.2, 0.25) is 0 Å². The summed E-state index contributed by atoms with van der Waals surface area (Å²) in [5.41, 5.74) is 3.77. The fourth-order valence-corrected chi connectivity index (χ4v) is 2.55. The second-order valence-electron chi connectivity index (χ2n) is 4.74. The molecule has 0 aliphatic rings. The van der Waals surface area contributed by atoms with Crippen molar-refractivity contribution in [2.24, 2.45) is 0 Å². The van der Waals surface area contributed by atoms with Gasteiger partial charge >= 0.3 is 0 Å². The van der Waals surface area contributed by atoms with Crippen molar-refractivity contribution >= 4 is 17.4 Å². The molecular weight excluding hydrogens is 274 g/mol. The van der Waals surface area contributed by atoms with Gasteiger partial charge in [-0.15, -0.1) is 11.6 Å². The van der Waals surface area contributed by atoms with Gasteiger partial charge in [0.25, 0.3) is 0 Å². The van der Waals surface area contributed by atoms with Crippen LogP contribution in [0.1, 0.15) is 27.3 Å². The van der Waals surface area contributed by atoms with Crippen LogP contribution in [0, 0.1) is 13.8 Å². The third-order valence-electron chi connectivity index (χ3n) is 3.52. The molecule has 0 saturated carbocycles. The molecule has 106 valence electrons. The van der Waals surface area contributed by atoms with E-state index in [2.05, 4.69) is 4.57 Å². The Morgan fingerprint density at radius 1 is 1.30 bits per heavy atom. The van der Waals surface area contributed by atoms with Crippen LogP contribution in [0.25, 0.3) is 0 Å². The first kappa shape index (κ1) is 14.7. The van der Waals surface area contributed by atoms with Gasteiger partial charge in [-0.25, -0.2) is 0 Å². The number of alkyl halides is 1. The number of hydrogen-bond donors (Lipinski definition) is 0. The number of carbonyl (C=O) groups excluding carboxylic acids is 1. The van der Waals surface area contributed by atoms with E-state index in [4.69, 9.17) is 16.3 Å². The van der Waals surface area contributed by atoms with Crippen molar-refractivity contribution in [3.05, 3.63) is 52.8 Å². The number of benzene rings is 1. The predicted octanol–water partition coefficient (Wildman–Crippen LogP) is 3.58. The number of methoxy groups -OCH3 is 1. The van der Waals surface area contributed by atoms with Crippen LogP contribution in [0.5, 0.6) is 5.75 Å². The second kappa shape index (κ2) is 6.14. The molecule has 0 saturated heterocycles. The highest BCUT2D eigenvalue weighted by Gasteiger charge is 2.15. The van der Waals surface area contributed by atoms with Crippen molar-refractivity contribution in [3.8, 4) is 5.75 Å². The van der Waals surface area contributed by atoms with Crippen LogP contribution in [-0.4, -0.2) is 23.3 Å². The largest absolute Gasteiger partial charge is 0.496 e. The summed E-state index contributed by atoms with van der Waals surface area (Å²) in [4.78, 5) is 11.8. The first-order valence-electron chi connectivity index (χ1n) is 6.46. The van der Waals surface area contributed by atoms with Gasteiger partial charge in [0.15, 0.2) is 5.78 Å². The van der Waals surface area contributed by atoms with Crippen LogP contribution in [0.4, 0.5) is 0 Å². The molecule has 1 aromatic heterocycles. The van der Waals surface area contributed by atoms with Gasteiger partial charge in [0.05, 0.1) is 19.5 Å². The van der Waals surface area contributed by atoms with E-state index >= 15 is 0 Å². The number of aromatic nitrogens is 1. The quantitative estimate of drug-likeness (QED) is 0.623. The molecule has 0 aliphatic heterocycles. The average Bonchev–Trinajstić information content (AvgIpc) is 2.75. The van der Waals surface area contributed by atoms with Gasteiger partial charge in [-0.1, -0.05) is 18.2 Å². The van der Waals surface area contributed by atoms with E-state index in [1.54, 1.807) is 7.11 Å². The molecule has 0 radical (unpaired) electrons. The lowest BCUT2D eigenvalue weighted by atomic mass is 10.1. The van der Waals surface area contributed by atoms with E-state index in [0.29, 0.717) is 12.1 Å². The zero-order valence-corrected chi connectivity index (χ0v) is 12.7. The van der Waals surface area contributed by atoms with E-state index in [1.165, 1.54) is 0 Å². The molecule has 3 nitrogen and oxygen atoms in total. The SMILES string of the molecule is COc1ccccc1Cn1c(C)cc(C(=O)CCl)c1C. The van der Waals surface area contributed by atoms with E-state index < -0.39 is 0 Å². The van der Waals surface area contributed by atoms with Gasteiger partial charge in [-0.05, 0) is 26.0 Å². The Morgan fingerprint density at radius 3 is 2.65 bits per heavy atom. The average molecular weight is 292 g/mol. The summed E-state index contributed by atoms with van der Waals surface area (Å²) in [6, 6.07) is 9.79. The fourth-order valence-electron chi connectivity index (χ4n) is 2.40. The molecule has 2 aromatic rings. The smallest absolute Gasteiger partial charge is 0.179 e. The molecular formula is C16H18ClNO2. The summed E-state index contributed by atoms with van der Waals surface area (Å²) in [5, 5.41) is 0. The molecule has 0 aliphatic carbocycles. The highest BCUT2D eigenvalue weighted by Crippen LogP contribution is 2.23. The standard InChI is InChI=1S/C16H18ClNO2/c1-11-8-14(15(19)9-17)12(2)18(11)10-13-6-4-5-7-16(13)20-3/h4-8H,9-10H2,1-3H3. The Balaban J connectivity index is 2.39. The lowest BCUT2D eigenvalue weighted by Gasteiger charge is -2.13. The Bertz CT molecular complexity index is 631. The number of aryl methyl sites for hydroxylation is 1. The summed E-state index contributed by atoms with van der Waals surface area (Å²) < 4.78 is 7.48. The Labute approximate surface area is 124 Å². The molecule has 0 atom stereocenters. The third kappa shape index (κ3) is 2.73. The minimum Gasteiger partial charge on any atom is -0.496 e. The number of hydrogen-bond acceptors (Lipinski definition) is 2. The molecule has 1 heterocycles. The maximum absolute atomic E-state index is 11.8. The summed E-state index contributed by atoms with van der Waals surface area (Å²) in [6.07, 6.45) is 0. The molecule has 0 bridgehead atoms. The van der Waals surface area contributed by atoms with E-state index in [0.717, 1.165) is 22.7 Å². The van der Waals surface area contributed by atoms with E-state index in [9.17, 15) is 4.79 Å². The van der Waals surface area contributed by atoms with Crippen LogP contribution in [0.15, 0.2) is 30.3 Å².